The lowest BCUT2D eigenvalue weighted by Crippen LogP contribution is -2.34. The van der Waals surface area contributed by atoms with E-state index in [9.17, 15) is 0 Å². The van der Waals surface area contributed by atoms with Crippen molar-refractivity contribution >= 4 is 0 Å². The Bertz CT molecular complexity index is 80.6. The molecular formula is C8H17N. The Labute approximate surface area is 57.8 Å². The summed E-state index contributed by atoms with van der Waals surface area (Å²) in [5, 5.41) is 3.35. The summed E-state index contributed by atoms with van der Waals surface area (Å²) < 4.78 is 0. The van der Waals surface area contributed by atoms with Crippen molar-refractivity contribution < 1.29 is 0 Å². The summed E-state index contributed by atoms with van der Waals surface area (Å²) >= 11 is 0. The van der Waals surface area contributed by atoms with Gasteiger partial charge < -0.3 is 5.32 Å². The molecule has 0 aromatic heterocycles. The zero-order chi connectivity index (χ0) is 6.69. The predicted molar refractivity (Wildman–Crippen MR) is 40.5 cm³/mol. The first-order valence-electron chi connectivity index (χ1n) is 4.02. The molecule has 0 spiro atoms. The maximum Gasteiger partial charge on any atom is 0.00896 e. The SMILES string of the molecule is CNC1CCCC[C@@H]1C. The van der Waals surface area contributed by atoms with Crippen molar-refractivity contribution in [3.05, 3.63) is 0 Å². The van der Waals surface area contributed by atoms with E-state index >= 15 is 0 Å². The number of hydrogen-bond acceptors (Lipinski definition) is 1. The summed E-state index contributed by atoms with van der Waals surface area (Å²) in [5.41, 5.74) is 0. The van der Waals surface area contributed by atoms with Crippen molar-refractivity contribution in [2.75, 3.05) is 7.05 Å². The van der Waals surface area contributed by atoms with Crippen LogP contribution >= 0.6 is 0 Å². The smallest absolute Gasteiger partial charge is 0.00896 e. The molecule has 1 aliphatic rings. The van der Waals surface area contributed by atoms with Gasteiger partial charge in [0.15, 0.2) is 0 Å². The first-order chi connectivity index (χ1) is 4.34. The summed E-state index contributed by atoms with van der Waals surface area (Å²) in [6.07, 6.45) is 5.68. The van der Waals surface area contributed by atoms with Crippen molar-refractivity contribution in [3.8, 4) is 0 Å². The van der Waals surface area contributed by atoms with E-state index in [2.05, 4.69) is 19.3 Å². The van der Waals surface area contributed by atoms with Crippen LogP contribution < -0.4 is 5.32 Å². The van der Waals surface area contributed by atoms with Gasteiger partial charge in [-0.1, -0.05) is 19.8 Å². The van der Waals surface area contributed by atoms with E-state index in [4.69, 9.17) is 0 Å². The highest BCUT2D eigenvalue weighted by molar-refractivity contribution is 4.75. The molecule has 0 radical (unpaired) electrons. The van der Waals surface area contributed by atoms with Gasteiger partial charge in [0.05, 0.1) is 0 Å². The molecule has 1 unspecified atom stereocenters. The molecule has 1 fully saturated rings. The zero-order valence-electron chi connectivity index (χ0n) is 6.48. The van der Waals surface area contributed by atoms with E-state index < -0.39 is 0 Å². The molecule has 1 rings (SSSR count). The molecule has 1 N–H and O–H groups in total. The minimum Gasteiger partial charge on any atom is -0.317 e. The van der Waals surface area contributed by atoms with Gasteiger partial charge in [-0.15, -0.1) is 0 Å². The zero-order valence-corrected chi connectivity index (χ0v) is 6.48. The van der Waals surface area contributed by atoms with Crippen LogP contribution in [-0.4, -0.2) is 13.1 Å². The first-order valence-corrected chi connectivity index (χ1v) is 4.02. The monoisotopic (exact) mass is 127 g/mol. The molecule has 0 amide bonds. The highest BCUT2D eigenvalue weighted by Gasteiger charge is 2.18. The lowest BCUT2D eigenvalue weighted by Gasteiger charge is -2.27. The van der Waals surface area contributed by atoms with Gasteiger partial charge >= 0.3 is 0 Å². The van der Waals surface area contributed by atoms with E-state index in [1.54, 1.807) is 0 Å². The van der Waals surface area contributed by atoms with E-state index in [1.807, 2.05) is 0 Å². The lowest BCUT2D eigenvalue weighted by atomic mass is 9.86. The summed E-state index contributed by atoms with van der Waals surface area (Å²) in [5.74, 6) is 0.906. The summed E-state index contributed by atoms with van der Waals surface area (Å²) in [6, 6.07) is 0.804. The second kappa shape index (κ2) is 3.21. The Hall–Kier alpha value is -0.0400. The molecule has 0 aliphatic heterocycles. The quantitative estimate of drug-likeness (QED) is 0.566. The number of hydrogen-bond donors (Lipinski definition) is 1. The van der Waals surface area contributed by atoms with Gasteiger partial charge in [-0.05, 0) is 25.8 Å². The second-order valence-electron chi connectivity index (χ2n) is 3.16. The Balaban J connectivity index is 2.30. The molecule has 1 saturated carbocycles. The molecule has 0 bridgehead atoms. The van der Waals surface area contributed by atoms with Crippen LogP contribution in [0.25, 0.3) is 0 Å². The summed E-state index contributed by atoms with van der Waals surface area (Å²) in [4.78, 5) is 0. The van der Waals surface area contributed by atoms with E-state index in [0.29, 0.717) is 0 Å². The van der Waals surface area contributed by atoms with E-state index in [-0.39, 0.29) is 0 Å². The van der Waals surface area contributed by atoms with Crippen molar-refractivity contribution in [2.45, 2.75) is 38.6 Å². The van der Waals surface area contributed by atoms with Gasteiger partial charge in [0.1, 0.15) is 0 Å². The molecule has 0 saturated heterocycles. The van der Waals surface area contributed by atoms with Crippen LogP contribution in [0.2, 0.25) is 0 Å². The Kier molecular flexibility index (Phi) is 2.52. The number of nitrogens with one attached hydrogen (secondary N) is 1. The van der Waals surface area contributed by atoms with Crippen LogP contribution in [0.4, 0.5) is 0 Å². The lowest BCUT2D eigenvalue weighted by molar-refractivity contribution is 0.294. The normalized spacial score (nSPS) is 36.7. The van der Waals surface area contributed by atoms with Crippen LogP contribution in [0, 0.1) is 5.92 Å². The van der Waals surface area contributed by atoms with Crippen LogP contribution in [0.1, 0.15) is 32.6 Å². The minimum absolute atomic E-state index is 0.804. The molecule has 9 heavy (non-hydrogen) atoms. The van der Waals surface area contributed by atoms with Crippen LogP contribution in [0.15, 0.2) is 0 Å². The molecule has 1 heteroatoms. The van der Waals surface area contributed by atoms with Crippen molar-refractivity contribution in [1.82, 2.24) is 5.32 Å². The Morgan fingerprint density at radius 3 is 2.33 bits per heavy atom. The molecule has 1 aliphatic carbocycles. The van der Waals surface area contributed by atoms with Gasteiger partial charge in [0.25, 0.3) is 0 Å². The molecule has 0 heterocycles. The maximum absolute atomic E-state index is 3.35. The average Bonchev–Trinajstić information content (AvgIpc) is 1.89. The standard InChI is InChI=1S/C8H17N/c1-7-5-3-4-6-8(7)9-2/h7-9H,3-6H2,1-2H3/t7-,8?/m0/s1. The van der Waals surface area contributed by atoms with Gasteiger partial charge in [-0.2, -0.15) is 0 Å². The van der Waals surface area contributed by atoms with Crippen LogP contribution in [-0.2, 0) is 0 Å². The third kappa shape index (κ3) is 1.68. The van der Waals surface area contributed by atoms with Crippen molar-refractivity contribution in [3.63, 3.8) is 0 Å². The molecule has 1 nitrogen and oxygen atoms in total. The highest BCUT2D eigenvalue weighted by atomic mass is 14.9. The molecule has 54 valence electrons. The maximum atomic E-state index is 3.35. The van der Waals surface area contributed by atoms with E-state index in [0.717, 1.165) is 12.0 Å². The van der Waals surface area contributed by atoms with Crippen molar-refractivity contribution in [1.29, 1.82) is 0 Å². The number of rotatable bonds is 1. The fraction of sp³-hybridized carbons (Fsp3) is 1.00. The van der Waals surface area contributed by atoms with Gasteiger partial charge in [0.2, 0.25) is 0 Å². The highest BCUT2D eigenvalue weighted by Crippen LogP contribution is 2.22. The van der Waals surface area contributed by atoms with Crippen LogP contribution in [0.3, 0.4) is 0 Å². The molecule has 2 atom stereocenters. The average molecular weight is 127 g/mol. The van der Waals surface area contributed by atoms with Gasteiger partial charge in [-0.3, -0.25) is 0 Å². The minimum atomic E-state index is 0.804. The summed E-state index contributed by atoms with van der Waals surface area (Å²) in [6.45, 7) is 2.35. The third-order valence-electron chi connectivity index (χ3n) is 2.48. The largest absolute Gasteiger partial charge is 0.317 e. The van der Waals surface area contributed by atoms with E-state index in [1.165, 1.54) is 25.7 Å². The molecule has 0 aromatic rings. The topological polar surface area (TPSA) is 12.0 Å². The second-order valence-corrected chi connectivity index (χ2v) is 3.16. The van der Waals surface area contributed by atoms with Gasteiger partial charge in [-0.25, -0.2) is 0 Å². The molecular weight excluding hydrogens is 110 g/mol. The van der Waals surface area contributed by atoms with Gasteiger partial charge in [0, 0.05) is 6.04 Å². The predicted octanol–water partition coefficient (Wildman–Crippen LogP) is 1.78. The summed E-state index contributed by atoms with van der Waals surface area (Å²) in [7, 11) is 2.08. The third-order valence-corrected chi connectivity index (χ3v) is 2.48. The van der Waals surface area contributed by atoms with Crippen LogP contribution in [0.5, 0.6) is 0 Å². The molecule has 0 aromatic carbocycles. The fourth-order valence-electron chi connectivity index (χ4n) is 1.75. The first kappa shape index (κ1) is 7.07. The van der Waals surface area contributed by atoms with Crippen molar-refractivity contribution in [2.24, 2.45) is 5.92 Å². The Morgan fingerprint density at radius 1 is 1.22 bits per heavy atom. The fourth-order valence-corrected chi connectivity index (χ4v) is 1.75. The Morgan fingerprint density at radius 2 is 1.89 bits per heavy atom.